The third-order valence-corrected chi connectivity index (χ3v) is 2.92. The summed E-state index contributed by atoms with van der Waals surface area (Å²) in [4.78, 5) is 0. The zero-order chi connectivity index (χ0) is 14.2. The SMILES string of the molecule is CC(CO)(CO)NCC(O)CNC(C)(CO)CO. The van der Waals surface area contributed by atoms with E-state index in [4.69, 9.17) is 20.4 Å². The van der Waals surface area contributed by atoms with Crippen LogP contribution in [0, 0.1) is 0 Å². The smallest absolute Gasteiger partial charge is 0.0789 e. The van der Waals surface area contributed by atoms with Gasteiger partial charge < -0.3 is 36.2 Å². The first-order valence-corrected chi connectivity index (χ1v) is 5.96. The molecule has 0 radical (unpaired) electrons. The van der Waals surface area contributed by atoms with Crippen LogP contribution in [0.25, 0.3) is 0 Å². The van der Waals surface area contributed by atoms with Gasteiger partial charge in [-0.05, 0) is 13.8 Å². The summed E-state index contributed by atoms with van der Waals surface area (Å²) in [6, 6.07) is 0. The molecule has 0 saturated heterocycles. The zero-order valence-corrected chi connectivity index (χ0v) is 11.1. The van der Waals surface area contributed by atoms with Crippen molar-refractivity contribution in [1.82, 2.24) is 10.6 Å². The summed E-state index contributed by atoms with van der Waals surface area (Å²) in [6.07, 6.45) is -0.764. The van der Waals surface area contributed by atoms with E-state index in [0.29, 0.717) is 0 Å². The lowest BCUT2D eigenvalue weighted by Gasteiger charge is -2.30. The highest BCUT2D eigenvalue weighted by Crippen LogP contribution is 2.02. The van der Waals surface area contributed by atoms with Crippen LogP contribution in [0.15, 0.2) is 0 Å². The molecule has 0 aliphatic carbocycles. The molecule has 7 N–H and O–H groups in total. The molecule has 110 valence electrons. The fraction of sp³-hybridized carbons (Fsp3) is 1.00. The van der Waals surface area contributed by atoms with Crippen LogP contribution in [0.3, 0.4) is 0 Å². The monoisotopic (exact) mass is 266 g/mol. The van der Waals surface area contributed by atoms with Gasteiger partial charge in [0.15, 0.2) is 0 Å². The molecule has 7 nitrogen and oxygen atoms in total. The fourth-order valence-electron chi connectivity index (χ4n) is 1.12. The molecule has 0 bridgehead atoms. The lowest BCUT2D eigenvalue weighted by Crippen LogP contribution is -2.55. The molecular formula is C11H26N2O5. The van der Waals surface area contributed by atoms with Gasteiger partial charge in [-0.1, -0.05) is 0 Å². The molecule has 0 unspecified atom stereocenters. The summed E-state index contributed by atoms with van der Waals surface area (Å²) < 4.78 is 0. The quantitative estimate of drug-likeness (QED) is 0.225. The van der Waals surface area contributed by atoms with E-state index in [1.807, 2.05) is 0 Å². The highest BCUT2D eigenvalue weighted by molar-refractivity contribution is 4.85. The highest BCUT2D eigenvalue weighted by Gasteiger charge is 2.25. The van der Waals surface area contributed by atoms with Gasteiger partial charge in [-0.3, -0.25) is 0 Å². The average molecular weight is 266 g/mol. The Morgan fingerprint density at radius 3 is 1.28 bits per heavy atom. The van der Waals surface area contributed by atoms with Crippen molar-refractivity contribution in [1.29, 1.82) is 0 Å². The molecule has 0 rings (SSSR count). The van der Waals surface area contributed by atoms with Crippen molar-refractivity contribution < 1.29 is 25.5 Å². The standard InChI is InChI=1S/C11H26N2O5/c1-10(5-14,6-15)12-3-9(18)4-13-11(2,7-16)8-17/h9,12-18H,3-8H2,1-2H3. The molecule has 18 heavy (non-hydrogen) atoms. The Kier molecular flexibility index (Phi) is 7.88. The average Bonchev–Trinajstić information content (AvgIpc) is 2.42. The topological polar surface area (TPSA) is 125 Å². The number of hydrogen-bond acceptors (Lipinski definition) is 7. The second-order valence-electron chi connectivity index (χ2n) is 5.17. The summed E-state index contributed by atoms with van der Waals surface area (Å²) in [5, 5.41) is 51.6. The molecule has 0 aliphatic rings. The van der Waals surface area contributed by atoms with E-state index in [1.54, 1.807) is 13.8 Å². The number of aliphatic hydroxyl groups is 5. The Hall–Kier alpha value is -0.280. The summed E-state index contributed by atoms with van der Waals surface area (Å²) in [6.45, 7) is 2.67. The zero-order valence-electron chi connectivity index (χ0n) is 11.1. The maximum atomic E-state index is 9.71. The predicted octanol–water partition coefficient (Wildman–Crippen LogP) is -2.99. The van der Waals surface area contributed by atoms with Crippen molar-refractivity contribution in [2.24, 2.45) is 0 Å². The van der Waals surface area contributed by atoms with E-state index < -0.39 is 17.2 Å². The molecule has 0 atom stereocenters. The first-order chi connectivity index (χ1) is 8.34. The van der Waals surface area contributed by atoms with Gasteiger partial charge in [0.2, 0.25) is 0 Å². The number of rotatable bonds is 10. The van der Waals surface area contributed by atoms with Crippen LogP contribution in [-0.2, 0) is 0 Å². The molecule has 0 spiro atoms. The minimum Gasteiger partial charge on any atom is -0.394 e. The molecule has 7 heteroatoms. The highest BCUT2D eigenvalue weighted by atomic mass is 16.3. The molecule has 0 aliphatic heterocycles. The van der Waals surface area contributed by atoms with E-state index in [9.17, 15) is 5.11 Å². The van der Waals surface area contributed by atoms with Crippen molar-refractivity contribution in [3.8, 4) is 0 Å². The summed E-state index contributed by atoms with van der Waals surface area (Å²) in [7, 11) is 0. The Bertz CT molecular complexity index is 197. The molecule has 0 amide bonds. The number of hydrogen-bond donors (Lipinski definition) is 7. The van der Waals surface area contributed by atoms with Gasteiger partial charge in [0.05, 0.1) is 43.6 Å². The maximum Gasteiger partial charge on any atom is 0.0789 e. The Labute approximate surface area is 107 Å². The molecule has 0 heterocycles. The van der Waals surface area contributed by atoms with Gasteiger partial charge in [0, 0.05) is 13.1 Å². The van der Waals surface area contributed by atoms with E-state index in [1.165, 1.54) is 0 Å². The largest absolute Gasteiger partial charge is 0.394 e. The Morgan fingerprint density at radius 1 is 0.778 bits per heavy atom. The minimum atomic E-state index is -0.835. The van der Waals surface area contributed by atoms with Crippen molar-refractivity contribution in [2.45, 2.75) is 31.0 Å². The summed E-state index contributed by atoms with van der Waals surface area (Å²) in [5.41, 5.74) is -1.67. The van der Waals surface area contributed by atoms with Crippen LogP contribution in [0.4, 0.5) is 0 Å². The van der Waals surface area contributed by atoms with Gasteiger partial charge in [0.25, 0.3) is 0 Å². The predicted molar refractivity (Wildman–Crippen MR) is 67.2 cm³/mol. The third kappa shape index (κ3) is 6.05. The van der Waals surface area contributed by atoms with Crippen LogP contribution in [0.1, 0.15) is 13.8 Å². The maximum absolute atomic E-state index is 9.71. The van der Waals surface area contributed by atoms with Gasteiger partial charge in [-0.25, -0.2) is 0 Å². The summed E-state index contributed by atoms with van der Waals surface area (Å²) in [5.74, 6) is 0. The molecule has 0 aromatic rings. The second-order valence-corrected chi connectivity index (χ2v) is 5.17. The first kappa shape index (κ1) is 17.7. The van der Waals surface area contributed by atoms with Crippen molar-refractivity contribution in [3.63, 3.8) is 0 Å². The molecule has 0 aromatic carbocycles. The van der Waals surface area contributed by atoms with Crippen molar-refractivity contribution >= 4 is 0 Å². The van der Waals surface area contributed by atoms with Crippen LogP contribution in [0.2, 0.25) is 0 Å². The first-order valence-electron chi connectivity index (χ1n) is 5.96. The number of β-amino-alcohol motifs (C(OH)–C–C–N with tert-alkyl or cyclic N) is 1. The Morgan fingerprint density at radius 2 is 1.06 bits per heavy atom. The normalized spacial score (nSPS) is 13.3. The van der Waals surface area contributed by atoms with Crippen LogP contribution in [-0.4, -0.2) is 82.2 Å². The van der Waals surface area contributed by atoms with Gasteiger partial charge in [0.1, 0.15) is 0 Å². The minimum absolute atomic E-state index is 0.178. The lowest BCUT2D eigenvalue weighted by molar-refractivity contribution is 0.0683. The van der Waals surface area contributed by atoms with Crippen LogP contribution in [0.5, 0.6) is 0 Å². The fourth-order valence-corrected chi connectivity index (χ4v) is 1.12. The molecule has 0 saturated carbocycles. The molecule has 0 fully saturated rings. The van der Waals surface area contributed by atoms with E-state index >= 15 is 0 Å². The van der Waals surface area contributed by atoms with E-state index in [2.05, 4.69) is 10.6 Å². The van der Waals surface area contributed by atoms with Gasteiger partial charge >= 0.3 is 0 Å². The number of aliphatic hydroxyl groups excluding tert-OH is 5. The molecule has 0 aromatic heterocycles. The van der Waals surface area contributed by atoms with Crippen molar-refractivity contribution in [2.75, 3.05) is 39.5 Å². The van der Waals surface area contributed by atoms with Gasteiger partial charge in [-0.15, -0.1) is 0 Å². The number of nitrogens with one attached hydrogen (secondary N) is 2. The second kappa shape index (κ2) is 8.00. The summed E-state index contributed by atoms with van der Waals surface area (Å²) >= 11 is 0. The van der Waals surface area contributed by atoms with Gasteiger partial charge in [-0.2, -0.15) is 0 Å². The third-order valence-electron chi connectivity index (χ3n) is 2.92. The van der Waals surface area contributed by atoms with E-state index in [0.717, 1.165) is 0 Å². The van der Waals surface area contributed by atoms with E-state index in [-0.39, 0.29) is 39.5 Å². The lowest BCUT2D eigenvalue weighted by atomic mass is 10.0. The molecular weight excluding hydrogens is 240 g/mol. The van der Waals surface area contributed by atoms with Crippen LogP contribution >= 0.6 is 0 Å². The van der Waals surface area contributed by atoms with Crippen molar-refractivity contribution in [3.05, 3.63) is 0 Å². The Balaban J connectivity index is 4.02. The van der Waals surface area contributed by atoms with Crippen LogP contribution < -0.4 is 10.6 Å².